The Kier molecular flexibility index (Phi) is 4.93. The van der Waals surface area contributed by atoms with Crippen molar-refractivity contribution in [3.05, 3.63) is 69.8 Å². The summed E-state index contributed by atoms with van der Waals surface area (Å²) in [6.07, 6.45) is 3.05. The zero-order valence-corrected chi connectivity index (χ0v) is 14.9. The highest BCUT2D eigenvalue weighted by molar-refractivity contribution is 6.35. The molecule has 25 heavy (non-hydrogen) atoms. The van der Waals surface area contributed by atoms with E-state index >= 15 is 0 Å². The highest BCUT2D eigenvalue weighted by Crippen LogP contribution is 2.24. The first-order valence-electron chi connectivity index (χ1n) is 7.53. The Morgan fingerprint density at radius 1 is 1.16 bits per heavy atom. The summed E-state index contributed by atoms with van der Waals surface area (Å²) in [5.41, 5.74) is 9.65. The van der Waals surface area contributed by atoms with Gasteiger partial charge in [-0.25, -0.2) is 0 Å². The van der Waals surface area contributed by atoms with E-state index in [0.717, 1.165) is 16.6 Å². The Labute approximate surface area is 155 Å². The standard InChI is InChI=1S/C19H15Cl2N3O/c1-11-8-17(22)15-10-14(5-6-18(15)23-11)24-19(25)7-3-12-2-4-13(20)9-16(12)21/h2-10H,1H3,(H2,22,23)(H,24,25)/b7-3-. The van der Waals surface area contributed by atoms with Gasteiger partial charge in [-0.2, -0.15) is 0 Å². The van der Waals surface area contributed by atoms with Crippen molar-refractivity contribution in [2.45, 2.75) is 6.92 Å². The Morgan fingerprint density at radius 3 is 2.72 bits per heavy atom. The molecular formula is C19H15Cl2N3O. The molecule has 0 aliphatic carbocycles. The first kappa shape index (κ1) is 17.3. The molecule has 3 rings (SSSR count). The fourth-order valence-electron chi connectivity index (χ4n) is 2.45. The molecule has 1 aromatic heterocycles. The van der Waals surface area contributed by atoms with Crippen molar-refractivity contribution in [2.24, 2.45) is 0 Å². The minimum absolute atomic E-state index is 0.274. The second kappa shape index (κ2) is 7.13. The normalized spacial score (nSPS) is 11.2. The molecule has 0 aliphatic rings. The van der Waals surface area contributed by atoms with Crippen LogP contribution in [0.1, 0.15) is 11.3 Å². The first-order chi connectivity index (χ1) is 11.9. The number of anilines is 2. The van der Waals surface area contributed by atoms with Crippen LogP contribution in [0, 0.1) is 6.92 Å². The van der Waals surface area contributed by atoms with Crippen LogP contribution in [0.3, 0.4) is 0 Å². The SMILES string of the molecule is Cc1cc(N)c2cc(NC(=O)/C=C\c3ccc(Cl)cc3Cl)ccc2n1. The van der Waals surface area contributed by atoms with Gasteiger partial charge in [0.1, 0.15) is 0 Å². The minimum atomic E-state index is -0.274. The number of carbonyl (C=O) groups is 1. The van der Waals surface area contributed by atoms with Crippen molar-refractivity contribution in [1.29, 1.82) is 0 Å². The number of fused-ring (bicyclic) bond motifs is 1. The average Bonchev–Trinajstić information content (AvgIpc) is 2.54. The summed E-state index contributed by atoms with van der Waals surface area (Å²) in [6.45, 7) is 1.89. The highest BCUT2D eigenvalue weighted by atomic mass is 35.5. The van der Waals surface area contributed by atoms with E-state index in [1.807, 2.05) is 13.0 Å². The van der Waals surface area contributed by atoms with Crippen molar-refractivity contribution in [1.82, 2.24) is 4.98 Å². The van der Waals surface area contributed by atoms with E-state index in [0.29, 0.717) is 27.0 Å². The Morgan fingerprint density at radius 2 is 1.96 bits per heavy atom. The van der Waals surface area contributed by atoms with Gasteiger partial charge in [-0.05, 0) is 55.0 Å². The van der Waals surface area contributed by atoms with Crippen molar-refractivity contribution < 1.29 is 4.79 Å². The van der Waals surface area contributed by atoms with E-state index in [2.05, 4.69) is 10.3 Å². The molecule has 1 heterocycles. The maximum atomic E-state index is 12.1. The summed E-state index contributed by atoms with van der Waals surface area (Å²) in [7, 11) is 0. The minimum Gasteiger partial charge on any atom is -0.398 e. The molecule has 0 bridgehead atoms. The predicted molar refractivity (Wildman–Crippen MR) is 105 cm³/mol. The number of nitrogens with two attached hydrogens (primary N) is 1. The van der Waals surface area contributed by atoms with Crippen molar-refractivity contribution in [2.75, 3.05) is 11.1 Å². The van der Waals surface area contributed by atoms with Crippen LogP contribution >= 0.6 is 23.2 Å². The van der Waals surface area contributed by atoms with Gasteiger partial charge in [0.15, 0.2) is 0 Å². The smallest absolute Gasteiger partial charge is 0.248 e. The molecule has 3 N–H and O–H groups in total. The summed E-state index contributed by atoms with van der Waals surface area (Å²) in [6, 6.07) is 12.3. The zero-order valence-electron chi connectivity index (χ0n) is 13.4. The molecular weight excluding hydrogens is 357 g/mol. The molecule has 0 fully saturated rings. The number of carbonyl (C=O) groups excluding carboxylic acids is 1. The van der Waals surface area contributed by atoms with Gasteiger partial charge in [0, 0.05) is 38.6 Å². The van der Waals surface area contributed by atoms with Crippen LogP contribution in [-0.2, 0) is 4.79 Å². The summed E-state index contributed by atoms with van der Waals surface area (Å²) in [5, 5.41) is 4.63. The van der Waals surface area contributed by atoms with Gasteiger partial charge < -0.3 is 11.1 Å². The van der Waals surface area contributed by atoms with Crippen LogP contribution in [0.4, 0.5) is 11.4 Å². The molecule has 2 aromatic carbocycles. The molecule has 0 saturated heterocycles. The third kappa shape index (κ3) is 4.10. The van der Waals surface area contributed by atoms with Crippen molar-refractivity contribution in [3.8, 4) is 0 Å². The highest BCUT2D eigenvalue weighted by Gasteiger charge is 2.05. The monoisotopic (exact) mass is 371 g/mol. The van der Waals surface area contributed by atoms with Gasteiger partial charge in [-0.3, -0.25) is 9.78 Å². The molecule has 0 aliphatic heterocycles. The number of halogens is 2. The Bertz CT molecular complexity index is 999. The molecule has 0 saturated carbocycles. The Hall–Kier alpha value is -2.56. The molecule has 126 valence electrons. The number of amides is 1. The number of nitrogens with one attached hydrogen (secondary N) is 1. The summed E-state index contributed by atoms with van der Waals surface area (Å²) < 4.78 is 0. The van der Waals surface area contributed by atoms with Gasteiger partial charge in [-0.15, -0.1) is 0 Å². The van der Waals surface area contributed by atoms with E-state index in [1.165, 1.54) is 6.08 Å². The molecule has 0 atom stereocenters. The summed E-state index contributed by atoms with van der Waals surface area (Å²) in [4.78, 5) is 16.5. The van der Waals surface area contributed by atoms with Gasteiger partial charge >= 0.3 is 0 Å². The van der Waals surface area contributed by atoms with Crippen LogP contribution in [0.15, 0.2) is 48.5 Å². The molecule has 0 unspecified atom stereocenters. The molecule has 3 aromatic rings. The molecule has 0 spiro atoms. The van der Waals surface area contributed by atoms with Crippen LogP contribution in [0.5, 0.6) is 0 Å². The third-order valence-corrected chi connectivity index (χ3v) is 4.18. The van der Waals surface area contributed by atoms with Crippen LogP contribution in [-0.4, -0.2) is 10.9 Å². The summed E-state index contributed by atoms with van der Waals surface area (Å²) in [5.74, 6) is -0.274. The maximum Gasteiger partial charge on any atom is 0.248 e. The van der Waals surface area contributed by atoms with Gasteiger partial charge in [0.25, 0.3) is 0 Å². The largest absolute Gasteiger partial charge is 0.398 e. The van der Waals surface area contributed by atoms with Gasteiger partial charge in [0.05, 0.1) is 5.52 Å². The van der Waals surface area contributed by atoms with Crippen molar-refractivity contribution >= 4 is 57.5 Å². The fraction of sp³-hybridized carbons (Fsp3) is 0.0526. The maximum absolute atomic E-state index is 12.1. The van der Waals surface area contributed by atoms with Crippen LogP contribution < -0.4 is 11.1 Å². The lowest BCUT2D eigenvalue weighted by Gasteiger charge is -2.07. The van der Waals surface area contributed by atoms with Gasteiger partial charge in [-0.1, -0.05) is 29.3 Å². The molecule has 1 amide bonds. The number of pyridine rings is 1. The fourth-order valence-corrected chi connectivity index (χ4v) is 2.93. The lowest BCUT2D eigenvalue weighted by Crippen LogP contribution is -2.07. The number of aryl methyl sites for hydroxylation is 1. The van der Waals surface area contributed by atoms with E-state index in [4.69, 9.17) is 28.9 Å². The zero-order chi connectivity index (χ0) is 18.0. The van der Waals surface area contributed by atoms with Crippen molar-refractivity contribution in [3.63, 3.8) is 0 Å². The van der Waals surface area contributed by atoms with E-state index in [1.54, 1.807) is 42.5 Å². The van der Waals surface area contributed by atoms with E-state index in [9.17, 15) is 4.79 Å². The Balaban J connectivity index is 1.78. The van der Waals surface area contributed by atoms with Gasteiger partial charge in [0.2, 0.25) is 5.91 Å². The molecule has 6 heteroatoms. The third-order valence-electron chi connectivity index (χ3n) is 3.61. The number of nitrogens with zero attached hydrogens (tertiary/aromatic N) is 1. The molecule has 0 radical (unpaired) electrons. The van der Waals surface area contributed by atoms with Crippen LogP contribution in [0.25, 0.3) is 17.0 Å². The number of aromatic nitrogens is 1. The number of hydrogen-bond acceptors (Lipinski definition) is 3. The molecule has 4 nitrogen and oxygen atoms in total. The number of rotatable bonds is 3. The van der Waals surface area contributed by atoms with E-state index < -0.39 is 0 Å². The second-order valence-electron chi connectivity index (χ2n) is 5.57. The van der Waals surface area contributed by atoms with E-state index in [-0.39, 0.29) is 5.91 Å². The number of hydrogen-bond donors (Lipinski definition) is 2. The topological polar surface area (TPSA) is 68.0 Å². The predicted octanol–water partition coefficient (Wildman–Crippen LogP) is 5.08. The number of nitrogen functional groups attached to an aromatic ring is 1. The van der Waals surface area contributed by atoms with Crippen LogP contribution in [0.2, 0.25) is 10.0 Å². The number of benzene rings is 2. The second-order valence-corrected chi connectivity index (χ2v) is 6.42. The first-order valence-corrected chi connectivity index (χ1v) is 8.29. The lowest BCUT2D eigenvalue weighted by molar-refractivity contribution is -0.111. The summed E-state index contributed by atoms with van der Waals surface area (Å²) >= 11 is 11.9. The quantitative estimate of drug-likeness (QED) is 0.630. The lowest BCUT2D eigenvalue weighted by atomic mass is 10.1. The average molecular weight is 372 g/mol.